The standard InChI is InChI=1S/C22H25F6N7O2/c23-21(24,25)14-12-29-20(30-13-14)34-9-7-33(8-10-34)18(36)5-4-15-3-1-2-6-35(15)17-11-16(22(26,27)28)19(37)32-31-17/h11-13,15H,1-10H2,(H,32,37)/t15-/m1/s1. The van der Waals surface area contributed by atoms with E-state index < -0.39 is 29.0 Å². The lowest BCUT2D eigenvalue weighted by atomic mass is 9.97. The lowest BCUT2D eigenvalue weighted by Gasteiger charge is -2.38. The number of aromatic amines is 1. The highest BCUT2D eigenvalue weighted by Gasteiger charge is 2.36. The van der Waals surface area contributed by atoms with Crippen molar-refractivity contribution in [1.82, 2.24) is 25.1 Å². The summed E-state index contributed by atoms with van der Waals surface area (Å²) in [4.78, 5) is 37.0. The van der Waals surface area contributed by atoms with Crippen molar-refractivity contribution in [2.75, 3.05) is 42.5 Å². The maximum atomic E-state index is 13.2. The van der Waals surface area contributed by atoms with Crippen LogP contribution in [0.25, 0.3) is 0 Å². The van der Waals surface area contributed by atoms with E-state index >= 15 is 0 Å². The Morgan fingerprint density at radius 2 is 1.65 bits per heavy atom. The Hall–Kier alpha value is -3.39. The van der Waals surface area contributed by atoms with Gasteiger partial charge in [-0.15, -0.1) is 0 Å². The molecule has 1 N–H and O–H groups in total. The molecular weight excluding hydrogens is 508 g/mol. The van der Waals surface area contributed by atoms with Gasteiger partial charge in [0, 0.05) is 63.6 Å². The minimum absolute atomic E-state index is 0.0224. The van der Waals surface area contributed by atoms with Crippen LogP contribution < -0.4 is 15.4 Å². The van der Waals surface area contributed by atoms with Crippen LogP contribution in [0.4, 0.5) is 38.1 Å². The average Bonchev–Trinajstić information content (AvgIpc) is 2.87. The van der Waals surface area contributed by atoms with Crippen molar-refractivity contribution in [3.63, 3.8) is 0 Å². The molecule has 37 heavy (non-hydrogen) atoms. The van der Waals surface area contributed by atoms with Crippen LogP contribution >= 0.6 is 0 Å². The number of anilines is 2. The first-order valence-electron chi connectivity index (χ1n) is 11.8. The van der Waals surface area contributed by atoms with Gasteiger partial charge in [-0.3, -0.25) is 9.59 Å². The number of H-pyrrole nitrogens is 1. The summed E-state index contributed by atoms with van der Waals surface area (Å²) < 4.78 is 77.7. The van der Waals surface area contributed by atoms with E-state index in [0.29, 0.717) is 45.6 Å². The molecule has 0 bridgehead atoms. The highest BCUT2D eigenvalue weighted by atomic mass is 19.4. The minimum atomic E-state index is -4.81. The van der Waals surface area contributed by atoms with E-state index in [0.717, 1.165) is 31.3 Å². The van der Waals surface area contributed by atoms with Crippen LogP contribution in [-0.4, -0.2) is 69.7 Å². The highest BCUT2D eigenvalue weighted by molar-refractivity contribution is 5.76. The fourth-order valence-corrected chi connectivity index (χ4v) is 4.59. The summed E-state index contributed by atoms with van der Waals surface area (Å²) in [6.07, 6.45) is -5.01. The van der Waals surface area contributed by atoms with E-state index in [4.69, 9.17) is 0 Å². The maximum Gasteiger partial charge on any atom is 0.421 e. The van der Waals surface area contributed by atoms with Crippen molar-refractivity contribution in [3.8, 4) is 0 Å². The number of alkyl halides is 6. The van der Waals surface area contributed by atoms with Gasteiger partial charge in [0.25, 0.3) is 5.56 Å². The number of aromatic nitrogens is 4. The minimum Gasteiger partial charge on any atom is -0.352 e. The first-order chi connectivity index (χ1) is 17.4. The normalized spacial score (nSPS) is 19.3. The van der Waals surface area contributed by atoms with E-state index in [9.17, 15) is 35.9 Å². The van der Waals surface area contributed by atoms with Crippen LogP contribution in [-0.2, 0) is 17.1 Å². The van der Waals surface area contributed by atoms with Crippen LogP contribution in [0.2, 0.25) is 0 Å². The van der Waals surface area contributed by atoms with Gasteiger partial charge in [-0.25, -0.2) is 15.1 Å². The van der Waals surface area contributed by atoms with E-state index in [-0.39, 0.29) is 30.1 Å². The number of rotatable bonds is 5. The second-order valence-electron chi connectivity index (χ2n) is 8.99. The maximum absolute atomic E-state index is 13.2. The van der Waals surface area contributed by atoms with E-state index in [1.807, 2.05) is 5.10 Å². The fraction of sp³-hybridized carbons (Fsp3) is 0.591. The Balaban J connectivity index is 1.33. The smallest absolute Gasteiger partial charge is 0.352 e. The molecule has 2 saturated heterocycles. The first-order valence-corrected chi connectivity index (χ1v) is 11.8. The molecule has 0 unspecified atom stereocenters. The molecule has 2 aromatic rings. The third kappa shape index (κ3) is 6.31. The zero-order chi connectivity index (χ0) is 26.8. The number of nitrogens with one attached hydrogen (secondary N) is 1. The van der Waals surface area contributed by atoms with Crippen molar-refractivity contribution >= 4 is 17.7 Å². The molecule has 4 rings (SSSR count). The van der Waals surface area contributed by atoms with Crippen molar-refractivity contribution in [2.24, 2.45) is 0 Å². The topological polar surface area (TPSA) is 98.3 Å². The molecular formula is C22H25F6N7O2. The Kier molecular flexibility index (Phi) is 7.59. The van der Waals surface area contributed by atoms with E-state index in [2.05, 4.69) is 15.1 Å². The van der Waals surface area contributed by atoms with E-state index in [1.165, 1.54) is 0 Å². The molecule has 2 aliphatic rings. The molecule has 202 valence electrons. The number of amides is 1. The van der Waals surface area contributed by atoms with Crippen molar-refractivity contribution in [2.45, 2.75) is 50.5 Å². The third-order valence-corrected chi connectivity index (χ3v) is 6.59. The van der Waals surface area contributed by atoms with Gasteiger partial charge in [0.1, 0.15) is 11.4 Å². The Labute approximate surface area is 207 Å². The Bertz CT molecular complexity index is 1140. The van der Waals surface area contributed by atoms with Crippen LogP contribution in [0.3, 0.4) is 0 Å². The molecule has 2 fully saturated rings. The lowest BCUT2D eigenvalue weighted by molar-refractivity contribution is -0.139. The van der Waals surface area contributed by atoms with E-state index in [1.54, 1.807) is 14.7 Å². The SMILES string of the molecule is O=C(CC[C@H]1CCCCN1c1cc(C(F)(F)F)c(=O)[nH]n1)N1CCN(c2ncc(C(F)(F)F)cn2)CC1. The van der Waals surface area contributed by atoms with Gasteiger partial charge in [-0.1, -0.05) is 0 Å². The molecule has 0 spiro atoms. The van der Waals surface area contributed by atoms with Gasteiger partial charge in [-0.05, 0) is 25.7 Å². The molecule has 0 saturated carbocycles. The van der Waals surface area contributed by atoms with Crippen molar-refractivity contribution < 1.29 is 31.1 Å². The first kappa shape index (κ1) is 26.7. The summed E-state index contributed by atoms with van der Waals surface area (Å²) in [5.74, 6) is 0.0581. The van der Waals surface area contributed by atoms with Crippen LogP contribution in [0.15, 0.2) is 23.3 Å². The van der Waals surface area contributed by atoms with Crippen LogP contribution in [0, 0.1) is 0 Å². The number of hydrogen-bond acceptors (Lipinski definition) is 7. The number of halogens is 6. The predicted molar refractivity (Wildman–Crippen MR) is 120 cm³/mol. The second-order valence-corrected chi connectivity index (χ2v) is 8.99. The number of piperazine rings is 1. The molecule has 0 radical (unpaired) electrons. The zero-order valence-electron chi connectivity index (χ0n) is 19.6. The van der Waals surface area contributed by atoms with Gasteiger partial charge >= 0.3 is 12.4 Å². The van der Waals surface area contributed by atoms with Gasteiger partial charge < -0.3 is 14.7 Å². The van der Waals surface area contributed by atoms with Crippen LogP contribution in [0.5, 0.6) is 0 Å². The molecule has 2 aliphatic heterocycles. The number of hydrogen-bond donors (Lipinski definition) is 1. The monoisotopic (exact) mass is 533 g/mol. The molecule has 9 nitrogen and oxygen atoms in total. The second kappa shape index (κ2) is 10.5. The van der Waals surface area contributed by atoms with Crippen molar-refractivity contribution in [3.05, 3.63) is 39.9 Å². The molecule has 0 aliphatic carbocycles. The summed E-state index contributed by atoms with van der Waals surface area (Å²) in [6, 6.07) is 0.542. The van der Waals surface area contributed by atoms with Crippen LogP contribution in [0.1, 0.15) is 43.2 Å². The fourth-order valence-electron chi connectivity index (χ4n) is 4.59. The molecule has 0 aromatic carbocycles. The molecule has 2 aromatic heterocycles. The molecule has 1 amide bonds. The Morgan fingerprint density at radius 1 is 0.973 bits per heavy atom. The number of carbonyl (C=O) groups is 1. The Morgan fingerprint density at radius 3 is 2.27 bits per heavy atom. The van der Waals surface area contributed by atoms with Gasteiger partial charge in [-0.2, -0.15) is 31.4 Å². The number of nitrogens with zero attached hydrogens (tertiary/aromatic N) is 6. The highest BCUT2D eigenvalue weighted by Crippen LogP contribution is 2.31. The van der Waals surface area contributed by atoms with Gasteiger partial charge in [0.05, 0.1) is 5.56 Å². The summed E-state index contributed by atoms with van der Waals surface area (Å²) in [6.45, 7) is 1.85. The quantitative estimate of drug-likeness (QED) is 0.590. The molecule has 4 heterocycles. The number of piperidine rings is 1. The van der Waals surface area contributed by atoms with Gasteiger partial charge in [0.15, 0.2) is 0 Å². The summed E-state index contributed by atoms with van der Waals surface area (Å²) in [5.41, 5.74) is -3.55. The van der Waals surface area contributed by atoms with Gasteiger partial charge in [0.2, 0.25) is 11.9 Å². The average molecular weight is 533 g/mol. The third-order valence-electron chi connectivity index (χ3n) is 6.59. The summed E-state index contributed by atoms with van der Waals surface area (Å²) in [5, 5.41) is 5.74. The molecule has 1 atom stereocenters. The lowest BCUT2D eigenvalue weighted by Crippen LogP contribution is -2.49. The van der Waals surface area contributed by atoms with Crippen molar-refractivity contribution in [1.29, 1.82) is 0 Å². The summed E-state index contributed by atoms with van der Waals surface area (Å²) in [7, 11) is 0. The number of carbonyl (C=O) groups excluding carboxylic acids is 1. The predicted octanol–water partition coefficient (Wildman–Crippen LogP) is 3.09. The molecule has 15 heteroatoms. The summed E-state index contributed by atoms with van der Waals surface area (Å²) >= 11 is 0. The zero-order valence-corrected chi connectivity index (χ0v) is 19.6. The largest absolute Gasteiger partial charge is 0.421 e.